The molecule has 0 radical (unpaired) electrons. The highest BCUT2D eigenvalue weighted by molar-refractivity contribution is 6.07. The van der Waals surface area contributed by atoms with E-state index in [4.69, 9.17) is 0 Å². The van der Waals surface area contributed by atoms with Gasteiger partial charge in [-0.25, -0.2) is 4.79 Å². The molecule has 30 heavy (non-hydrogen) atoms. The Balaban J connectivity index is 1.92. The molecule has 1 fully saturated rings. The minimum absolute atomic E-state index is 0.00418. The standard InChI is InChI=1S/C21H31N5O4/c1-5-25(13-17(27)22-15(2)3)14-18(28)24-26-19(29)21(4,23-20(26)30)12-11-16-9-7-6-8-10-16/h6-10,15H,5,11-14H2,1-4H3,(H,22,27)(H,23,30)(H,24,28)/t21-/m1/s1. The highest BCUT2D eigenvalue weighted by Gasteiger charge is 2.48. The Bertz CT molecular complexity index is 783. The second-order valence-corrected chi connectivity index (χ2v) is 7.95. The van der Waals surface area contributed by atoms with Crippen molar-refractivity contribution in [2.45, 2.75) is 52.1 Å². The lowest BCUT2D eigenvalue weighted by Gasteiger charge is -2.23. The van der Waals surface area contributed by atoms with Crippen LogP contribution in [-0.2, 0) is 20.8 Å². The van der Waals surface area contributed by atoms with Crippen molar-refractivity contribution in [2.24, 2.45) is 0 Å². The van der Waals surface area contributed by atoms with E-state index in [2.05, 4.69) is 16.1 Å². The summed E-state index contributed by atoms with van der Waals surface area (Å²) >= 11 is 0. The molecule has 1 heterocycles. The summed E-state index contributed by atoms with van der Waals surface area (Å²) in [6.07, 6.45) is 1.02. The minimum Gasteiger partial charge on any atom is -0.353 e. The van der Waals surface area contributed by atoms with E-state index in [0.29, 0.717) is 19.4 Å². The normalized spacial score (nSPS) is 18.7. The van der Waals surface area contributed by atoms with Gasteiger partial charge in [-0.15, -0.1) is 0 Å². The van der Waals surface area contributed by atoms with Gasteiger partial charge in [-0.1, -0.05) is 37.3 Å². The van der Waals surface area contributed by atoms with Gasteiger partial charge in [0.2, 0.25) is 5.91 Å². The lowest BCUT2D eigenvalue weighted by Crippen LogP contribution is -2.52. The molecule has 1 aromatic rings. The zero-order valence-electron chi connectivity index (χ0n) is 18.0. The second-order valence-electron chi connectivity index (χ2n) is 7.95. The number of likely N-dealkylation sites (N-methyl/N-ethyl adjacent to an activating group) is 1. The number of amides is 5. The maximum atomic E-state index is 12.8. The minimum atomic E-state index is -1.10. The van der Waals surface area contributed by atoms with Crippen LogP contribution in [0.3, 0.4) is 0 Å². The number of aryl methyl sites for hydroxylation is 1. The number of benzene rings is 1. The van der Waals surface area contributed by atoms with Gasteiger partial charge in [-0.3, -0.25) is 24.7 Å². The summed E-state index contributed by atoms with van der Waals surface area (Å²) in [4.78, 5) is 51.0. The van der Waals surface area contributed by atoms with Crippen LogP contribution in [0.25, 0.3) is 0 Å². The lowest BCUT2D eigenvalue weighted by molar-refractivity contribution is -0.139. The van der Waals surface area contributed by atoms with Gasteiger partial charge in [-0.05, 0) is 45.7 Å². The first kappa shape index (κ1) is 23.3. The van der Waals surface area contributed by atoms with Crippen molar-refractivity contribution in [1.29, 1.82) is 0 Å². The molecule has 2 rings (SSSR count). The van der Waals surface area contributed by atoms with Crippen LogP contribution in [0.1, 0.15) is 39.7 Å². The third-order valence-corrected chi connectivity index (χ3v) is 4.89. The van der Waals surface area contributed by atoms with Gasteiger partial charge >= 0.3 is 6.03 Å². The number of hydrazine groups is 1. The van der Waals surface area contributed by atoms with E-state index in [0.717, 1.165) is 10.6 Å². The van der Waals surface area contributed by atoms with Gasteiger partial charge in [-0.2, -0.15) is 5.01 Å². The summed E-state index contributed by atoms with van der Waals surface area (Å²) in [7, 11) is 0. The van der Waals surface area contributed by atoms with E-state index < -0.39 is 23.4 Å². The highest BCUT2D eigenvalue weighted by atomic mass is 16.2. The molecule has 0 aromatic heterocycles. The summed E-state index contributed by atoms with van der Waals surface area (Å²) in [6, 6.07) is 9.00. The maximum Gasteiger partial charge on any atom is 0.344 e. The fourth-order valence-electron chi connectivity index (χ4n) is 3.21. The number of urea groups is 1. The molecular formula is C21H31N5O4. The summed E-state index contributed by atoms with van der Waals surface area (Å²) < 4.78 is 0. The number of nitrogens with one attached hydrogen (secondary N) is 3. The van der Waals surface area contributed by atoms with Crippen LogP contribution >= 0.6 is 0 Å². The Morgan fingerprint density at radius 2 is 1.77 bits per heavy atom. The molecule has 3 N–H and O–H groups in total. The van der Waals surface area contributed by atoms with Crippen molar-refractivity contribution in [2.75, 3.05) is 19.6 Å². The van der Waals surface area contributed by atoms with Crippen molar-refractivity contribution in [1.82, 2.24) is 26.0 Å². The number of carbonyl (C=O) groups excluding carboxylic acids is 4. The van der Waals surface area contributed by atoms with Crippen molar-refractivity contribution >= 4 is 23.8 Å². The van der Waals surface area contributed by atoms with E-state index >= 15 is 0 Å². The Kier molecular flexibility index (Phi) is 7.93. The van der Waals surface area contributed by atoms with E-state index in [9.17, 15) is 19.2 Å². The van der Waals surface area contributed by atoms with Crippen LogP contribution in [-0.4, -0.2) is 64.9 Å². The Hall–Kier alpha value is -2.94. The number of rotatable bonds is 10. The molecule has 164 valence electrons. The van der Waals surface area contributed by atoms with Gasteiger partial charge in [0.25, 0.3) is 11.8 Å². The molecule has 0 spiro atoms. The van der Waals surface area contributed by atoms with Crippen LogP contribution in [0.5, 0.6) is 0 Å². The van der Waals surface area contributed by atoms with Gasteiger partial charge in [0.1, 0.15) is 5.54 Å². The third kappa shape index (κ3) is 6.28. The van der Waals surface area contributed by atoms with E-state index in [1.165, 1.54) is 0 Å². The Labute approximate surface area is 177 Å². The molecular weight excluding hydrogens is 386 g/mol. The first-order chi connectivity index (χ1) is 14.1. The van der Waals surface area contributed by atoms with Crippen LogP contribution in [0.4, 0.5) is 4.79 Å². The summed E-state index contributed by atoms with van der Waals surface area (Å²) in [6.45, 7) is 7.59. The fraction of sp³-hybridized carbons (Fsp3) is 0.524. The van der Waals surface area contributed by atoms with Crippen LogP contribution in [0, 0.1) is 0 Å². The average molecular weight is 418 g/mol. The summed E-state index contributed by atoms with van der Waals surface area (Å²) in [5, 5.41) is 6.17. The summed E-state index contributed by atoms with van der Waals surface area (Å²) in [5.41, 5.74) is 2.33. The maximum absolute atomic E-state index is 12.8. The second kappa shape index (κ2) is 10.2. The third-order valence-electron chi connectivity index (χ3n) is 4.89. The summed E-state index contributed by atoms with van der Waals surface area (Å²) in [5.74, 6) is -1.23. The molecule has 0 bridgehead atoms. The molecule has 1 aliphatic rings. The molecule has 1 saturated heterocycles. The van der Waals surface area contributed by atoms with Gasteiger partial charge in [0.05, 0.1) is 13.1 Å². The number of hydrogen-bond acceptors (Lipinski definition) is 5. The smallest absolute Gasteiger partial charge is 0.344 e. The molecule has 0 aliphatic carbocycles. The zero-order valence-corrected chi connectivity index (χ0v) is 18.0. The van der Waals surface area contributed by atoms with Crippen LogP contribution in [0.2, 0.25) is 0 Å². The predicted molar refractivity (Wildman–Crippen MR) is 112 cm³/mol. The van der Waals surface area contributed by atoms with Crippen molar-refractivity contribution in [3.63, 3.8) is 0 Å². The van der Waals surface area contributed by atoms with Gasteiger partial charge < -0.3 is 10.6 Å². The van der Waals surface area contributed by atoms with E-state index in [-0.39, 0.29) is 25.0 Å². The number of imide groups is 1. The van der Waals surface area contributed by atoms with Gasteiger partial charge in [0.15, 0.2) is 0 Å². The van der Waals surface area contributed by atoms with Crippen molar-refractivity contribution in [3.8, 4) is 0 Å². The molecule has 0 unspecified atom stereocenters. The highest BCUT2D eigenvalue weighted by Crippen LogP contribution is 2.22. The first-order valence-corrected chi connectivity index (χ1v) is 10.2. The van der Waals surface area contributed by atoms with Crippen LogP contribution < -0.4 is 16.1 Å². The fourth-order valence-corrected chi connectivity index (χ4v) is 3.21. The average Bonchev–Trinajstić information content (AvgIpc) is 2.89. The molecule has 0 saturated carbocycles. The van der Waals surface area contributed by atoms with Crippen molar-refractivity contribution in [3.05, 3.63) is 35.9 Å². The lowest BCUT2D eigenvalue weighted by atomic mass is 9.93. The molecule has 1 aromatic carbocycles. The molecule has 5 amide bonds. The first-order valence-electron chi connectivity index (χ1n) is 10.2. The molecule has 9 nitrogen and oxygen atoms in total. The van der Waals surface area contributed by atoms with Crippen molar-refractivity contribution < 1.29 is 19.2 Å². The largest absolute Gasteiger partial charge is 0.353 e. The topological polar surface area (TPSA) is 111 Å². The Morgan fingerprint density at radius 3 is 2.37 bits per heavy atom. The number of nitrogens with zero attached hydrogens (tertiary/aromatic N) is 2. The molecule has 9 heteroatoms. The van der Waals surface area contributed by atoms with Crippen LogP contribution in [0.15, 0.2) is 30.3 Å². The quantitative estimate of drug-likeness (QED) is 0.488. The SMILES string of the molecule is CCN(CC(=O)NC(C)C)CC(=O)NN1C(=O)N[C@](C)(CCc2ccccc2)C1=O. The van der Waals surface area contributed by atoms with E-state index in [1.54, 1.807) is 11.8 Å². The number of hydrogen-bond donors (Lipinski definition) is 3. The molecule has 1 aliphatic heterocycles. The monoisotopic (exact) mass is 417 g/mol. The number of carbonyl (C=O) groups is 4. The van der Waals surface area contributed by atoms with Gasteiger partial charge in [0, 0.05) is 6.04 Å². The zero-order chi connectivity index (χ0) is 22.3. The Morgan fingerprint density at radius 1 is 1.13 bits per heavy atom. The predicted octanol–water partition coefficient (Wildman–Crippen LogP) is 0.807. The van der Waals surface area contributed by atoms with E-state index in [1.807, 2.05) is 51.1 Å². The molecule has 1 atom stereocenters.